The average molecular weight is 177 g/mol. The minimum absolute atomic E-state index is 0.306. The summed E-state index contributed by atoms with van der Waals surface area (Å²) in [7, 11) is 1.59. The van der Waals surface area contributed by atoms with Crippen LogP contribution >= 0.6 is 0 Å². The summed E-state index contributed by atoms with van der Waals surface area (Å²) in [5.74, 6) is 0. The Labute approximate surface area is 76.6 Å². The molecule has 13 heavy (non-hydrogen) atoms. The number of benzene rings is 1. The fraction of sp³-hybridized carbons (Fsp3) is 0.222. The second kappa shape index (κ2) is 3.16. The molecule has 0 amide bonds. The summed E-state index contributed by atoms with van der Waals surface area (Å²) in [5, 5.41) is 1.63. The number of anilines is 1. The van der Waals surface area contributed by atoms with Crippen LogP contribution in [0.3, 0.4) is 0 Å². The summed E-state index contributed by atoms with van der Waals surface area (Å²) in [6.45, 7) is 0. The summed E-state index contributed by atoms with van der Waals surface area (Å²) >= 11 is 0. The Bertz CT molecular complexity index is 337. The van der Waals surface area contributed by atoms with Crippen molar-refractivity contribution in [3.63, 3.8) is 0 Å². The monoisotopic (exact) mass is 177 g/mol. The molecule has 1 aliphatic rings. The third-order valence-electron chi connectivity index (χ3n) is 1.95. The highest BCUT2D eigenvalue weighted by atomic mass is 16.7. The van der Waals surface area contributed by atoms with Crippen molar-refractivity contribution in [2.75, 3.05) is 12.2 Å². The molecule has 0 spiro atoms. The highest BCUT2D eigenvalue weighted by Gasteiger charge is 2.19. The van der Waals surface area contributed by atoms with Crippen molar-refractivity contribution < 1.29 is 4.84 Å². The lowest BCUT2D eigenvalue weighted by molar-refractivity contribution is 0.157. The number of nitrogens with zero attached hydrogens (tertiary/aromatic N) is 2. The first-order valence-corrected chi connectivity index (χ1v) is 4.05. The van der Waals surface area contributed by atoms with Gasteiger partial charge in [0, 0.05) is 6.21 Å². The van der Waals surface area contributed by atoms with E-state index in [1.54, 1.807) is 18.4 Å². The van der Waals surface area contributed by atoms with Crippen molar-refractivity contribution in [1.29, 1.82) is 0 Å². The number of hydroxylamine groups is 1. The molecule has 0 saturated heterocycles. The minimum Gasteiger partial charge on any atom is -0.305 e. The number of rotatable bonds is 1. The van der Waals surface area contributed by atoms with Gasteiger partial charge in [0.25, 0.3) is 0 Å². The molecule has 0 fully saturated rings. The Morgan fingerprint density at radius 1 is 1.46 bits per heavy atom. The number of hydrogen-bond donors (Lipinski definition) is 1. The normalized spacial score (nSPS) is 20.2. The Hall–Kier alpha value is -1.39. The van der Waals surface area contributed by atoms with E-state index in [1.807, 2.05) is 24.3 Å². The molecule has 2 N–H and O–H groups in total. The zero-order chi connectivity index (χ0) is 9.26. The number of nitrogens with two attached hydrogens (primary N) is 1. The smallest absolute Gasteiger partial charge is 0.139 e. The molecule has 1 aromatic rings. The SMILES string of the molecule is CON1c2ccccc2N=CC1N. The van der Waals surface area contributed by atoms with Crippen LogP contribution in [-0.2, 0) is 4.84 Å². The van der Waals surface area contributed by atoms with E-state index in [0.29, 0.717) is 0 Å². The van der Waals surface area contributed by atoms with Crippen molar-refractivity contribution in [3.05, 3.63) is 24.3 Å². The van der Waals surface area contributed by atoms with Crippen LogP contribution in [0, 0.1) is 0 Å². The van der Waals surface area contributed by atoms with Gasteiger partial charge in [-0.15, -0.1) is 0 Å². The molecule has 1 aromatic carbocycles. The molecular formula is C9H11N3O. The number of para-hydroxylation sites is 2. The summed E-state index contributed by atoms with van der Waals surface area (Å²) in [6.07, 6.45) is 1.35. The van der Waals surface area contributed by atoms with Gasteiger partial charge in [-0.1, -0.05) is 12.1 Å². The summed E-state index contributed by atoms with van der Waals surface area (Å²) in [6, 6.07) is 7.71. The van der Waals surface area contributed by atoms with Crippen LogP contribution in [0.5, 0.6) is 0 Å². The van der Waals surface area contributed by atoms with Gasteiger partial charge in [0.1, 0.15) is 6.17 Å². The molecule has 1 unspecified atom stereocenters. The van der Waals surface area contributed by atoms with Gasteiger partial charge in [-0.25, -0.2) is 5.06 Å². The van der Waals surface area contributed by atoms with Gasteiger partial charge >= 0.3 is 0 Å². The number of aliphatic imine (C=N–C) groups is 1. The molecule has 1 aliphatic heterocycles. The third-order valence-corrected chi connectivity index (χ3v) is 1.95. The molecule has 0 aliphatic carbocycles. The highest BCUT2D eigenvalue weighted by molar-refractivity contribution is 5.82. The van der Waals surface area contributed by atoms with E-state index in [0.717, 1.165) is 11.4 Å². The summed E-state index contributed by atoms with van der Waals surface area (Å²) in [5.41, 5.74) is 7.54. The molecule has 0 radical (unpaired) electrons. The van der Waals surface area contributed by atoms with E-state index in [9.17, 15) is 0 Å². The summed E-state index contributed by atoms with van der Waals surface area (Å²) in [4.78, 5) is 9.35. The second-order valence-corrected chi connectivity index (χ2v) is 2.77. The van der Waals surface area contributed by atoms with Crippen LogP contribution in [0.4, 0.5) is 11.4 Å². The predicted octanol–water partition coefficient (Wildman–Crippen LogP) is 1.06. The van der Waals surface area contributed by atoms with Crippen molar-refractivity contribution in [3.8, 4) is 0 Å². The maximum atomic E-state index is 5.76. The van der Waals surface area contributed by atoms with Crippen LogP contribution in [0.2, 0.25) is 0 Å². The number of hydrogen-bond acceptors (Lipinski definition) is 4. The van der Waals surface area contributed by atoms with E-state index < -0.39 is 0 Å². The molecule has 0 saturated carbocycles. The van der Waals surface area contributed by atoms with E-state index in [2.05, 4.69) is 4.99 Å². The predicted molar refractivity (Wildman–Crippen MR) is 52.1 cm³/mol. The van der Waals surface area contributed by atoms with Crippen LogP contribution in [-0.4, -0.2) is 19.5 Å². The molecule has 68 valence electrons. The molecular weight excluding hydrogens is 166 g/mol. The van der Waals surface area contributed by atoms with Gasteiger partial charge in [0.15, 0.2) is 0 Å². The van der Waals surface area contributed by atoms with Crippen LogP contribution < -0.4 is 10.8 Å². The maximum Gasteiger partial charge on any atom is 0.139 e. The lowest BCUT2D eigenvalue weighted by Crippen LogP contribution is -2.44. The number of fused-ring (bicyclic) bond motifs is 1. The molecule has 4 heteroatoms. The van der Waals surface area contributed by atoms with E-state index >= 15 is 0 Å². The fourth-order valence-corrected chi connectivity index (χ4v) is 1.36. The van der Waals surface area contributed by atoms with E-state index in [1.165, 1.54) is 0 Å². The summed E-state index contributed by atoms with van der Waals surface area (Å²) < 4.78 is 0. The topological polar surface area (TPSA) is 50.8 Å². The van der Waals surface area contributed by atoms with Gasteiger partial charge in [-0.05, 0) is 12.1 Å². The van der Waals surface area contributed by atoms with Crippen molar-refractivity contribution in [1.82, 2.24) is 0 Å². The van der Waals surface area contributed by atoms with Crippen LogP contribution in [0.1, 0.15) is 0 Å². The van der Waals surface area contributed by atoms with Gasteiger partial charge in [-0.2, -0.15) is 0 Å². The van der Waals surface area contributed by atoms with Gasteiger partial charge in [0.05, 0.1) is 18.5 Å². The fourth-order valence-electron chi connectivity index (χ4n) is 1.36. The zero-order valence-corrected chi connectivity index (χ0v) is 7.34. The minimum atomic E-state index is -0.306. The third kappa shape index (κ3) is 1.30. The standard InChI is InChI=1S/C9H11N3O/c1-13-12-8-5-3-2-4-7(8)11-6-9(12)10/h2-6,9H,10H2,1H3. The molecule has 1 atom stereocenters. The Morgan fingerprint density at radius 2 is 2.23 bits per heavy atom. The molecule has 2 rings (SSSR count). The quantitative estimate of drug-likeness (QED) is 0.697. The first-order valence-electron chi connectivity index (χ1n) is 4.05. The Kier molecular flexibility index (Phi) is 2.00. The maximum absolute atomic E-state index is 5.76. The lowest BCUT2D eigenvalue weighted by Gasteiger charge is -2.29. The average Bonchev–Trinajstić information content (AvgIpc) is 2.18. The highest BCUT2D eigenvalue weighted by Crippen LogP contribution is 2.31. The Balaban J connectivity index is 2.47. The van der Waals surface area contributed by atoms with Crippen LogP contribution in [0.15, 0.2) is 29.3 Å². The van der Waals surface area contributed by atoms with Gasteiger partial charge < -0.3 is 5.73 Å². The molecule has 0 aromatic heterocycles. The van der Waals surface area contributed by atoms with E-state index in [4.69, 9.17) is 10.6 Å². The zero-order valence-electron chi connectivity index (χ0n) is 7.34. The van der Waals surface area contributed by atoms with Crippen molar-refractivity contribution >= 4 is 17.6 Å². The second-order valence-electron chi connectivity index (χ2n) is 2.77. The Morgan fingerprint density at radius 3 is 3.00 bits per heavy atom. The molecule has 4 nitrogen and oxygen atoms in total. The van der Waals surface area contributed by atoms with Crippen LogP contribution in [0.25, 0.3) is 0 Å². The van der Waals surface area contributed by atoms with Crippen molar-refractivity contribution in [2.24, 2.45) is 10.7 Å². The molecule has 0 bridgehead atoms. The van der Waals surface area contributed by atoms with E-state index in [-0.39, 0.29) is 6.17 Å². The first-order chi connectivity index (χ1) is 6.33. The molecule has 1 heterocycles. The van der Waals surface area contributed by atoms with Gasteiger partial charge in [0.2, 0.25) is 0 Å². The van der Waals surface area contributed by atoms with Crippen molar-refractivity contribution in [2.45, 2.75) is 6.17 Å². The van der Waals surface area contributed by atoms with Gasteiger partial charge in [-0.3, -0.25) is 9.83 Å². The largest absolute Gasteiger partial charge is 0.305 e. The lowest BCUT2D eigenvalue weighted by atomic mass is 10.2. The first kappa shape index (κ1) is 8.22.